The first-order valence-corrected chi connectivity index (χ1v) is 13.7. The van der Waals surface area contributed by atoms with E-state index in [1.54, 1.807) is 18.5 Å². The summed E-state index contributed by atoms with van der Waals surface area (Å²) in [4.78, 5) is 46.6. The number of nitrogens with two attached hydrogens (primary N) is 1. The second kappa shape index (κ2) is 10.8. The number of primary amides is 1. The molecule has 3 amide bonds. The molecule has 3 aromatic heterocycles. The Labute approximate surface area is 225 Å². The van der Waals surface area contributed by atoms with E-state index < -0.39 is 5.91 Å². The largest absolute Gasteiger partial charge is 0.370 e. The maximum atomic E-state index is 13.2. The van der Waals surface area contributed by atoms with E-state index in [-0.39, 0.29) is 23.7 Å². The molecule has 0 spiro atoms. The number of pyridine rings is 1. The maximum Gasteiger partial charge on any atom is 0.266 e. The number of rotatable bonds is 8. The van der Waals surface area contributed by atoms with E-state index in [0.29, 0.717) is 22.8 Å². The summed E-state index contributed by atoms with van der Waals surface area (Å²) < 4.78 is 0. The number of aromatic amines is 1. The van der Waals surface area contributed by atoms with Crippen molar-refractivity contribution < 1.29 is 14.4 Å². The van der Waals surface area contributed by atoms with Crippen LogP contribution >= 0.6 is 11.3 Å². The number of anilines is 2. The van der Waals surface area contributed by atoms with Gasteiger partial charge in [-0.15, -0.1) is 11.3 Å². The van der Waals surface area contributed by atoms with Gasteiger partial charge in [0.15, 0.2) is 0 Å². The van der Waals surface area contributed by atoms with Gasteiger partial charge in [-0.05, 0) is 61.2 Å². The highest BCUT2D eigenvalue weighted by Crippen LogP contribution is 2.37. The zero-order valence-electron chi connectivity index (χ0n) is 21.3. The number of fused-ring (bicyclic) bond motifs is 1. The summed E-state index contributed by atoms with van der Waals surface area (Å²) in [5.41, 5.74) is 8.32. The molecular formula is C29H31N5O3S. The second-order valence-corrected chi connectivity index (χ2v) is 11.2. The zero-order chi connectivity index (χ0) is 26.7. The number of benzene rings is 1. The molecule has 3 heterocycles. The van der Waals surface area contributed by atoms with Gasteiger partial charge in [0.05, 0.1) is 4.88 Å². The Balaban J connectivity index is 1.40. The normalized spacial score (nSPS) is 14.8. The minimum Gasteiger partial charge on any atom is -0.370 e. The number of H-pyrrole nitrogens is 1. The summed E-state index contributed by atoms with van der Waals surface area (Å²) in [5, 5.41) is 6.94. The Hall–Kier alpha value is -3.98. The number of hydrogen-bond donors (Lipinski definition) is 4. The van der Waals surface area contributed by atoms with Crippen LogP contribution in [0.15, 0.2) is 54.9 Å². The summed E-state index contributed by atoms with van der Waals surface area (Å²) in [6, 6.07) is 13.1. The standard InChI is InChI=1S/C29H31N5O3S/c1-29(13-3-2-4-14-29)28(37)32-19-5-6-20-21(7-10-25(30)35)26(33-22(20)17-19)34-27(36)24-9-8-23(38-24)18-11-15-31-16-12-18/h5-6,8-9,11-12,15-17,33H,2-4,7,10,13-14H2,1H3,(H2,30,35)(H,32,37)(H,34,36). The van der Waals surface area contributed by atoms with Crippen molar-refractivity contribution in [3.05, 3.63) is 65.3 Å². The average molecular weight is 530 g/mol. The molecule has 1 aromatic carbocycles. The molecule has 5 N–H and O–H groups in total. The molecule has 1 saturated carbocycles. The van der Waals surface area contributed by atoms with Gasteiger partial charge >= 0.3 is 0 Å². The van der Waals surface area contributed by atoms with Crippen LogP contribution in [-0.2, 0) is 16.0 Å². The lowest BCUT2D eigenvalue weighted by Crippen LogP contribution is -2.35. The van der Waals surface area contributed by atoms with Crippen LogP contribution in [0.5, 0.6) is 0 Å². The molecule has 0 radical (unpaired) electrons. The number of thiophene rings is 1. The highest BCUT2D eigenvalue weighted by Gasteiger charge is 2.34. The number of hydrogen-bond acceptors (Lipinski definition) is 5. The van der Waals surface area contributed by atoms with Gasteiger partial charge in [-0.2, -0.15) is 0 Å². The van der Waals surface area contributed by atoms with Gasteiger partial charge in [0.1, 0.15) is 5.82 Å². The van der Waals surface area contributed by atoms with Crippen LogP contribution in [0.1, 0.15) is 60.7 Å². The van der Waals surface area contributed by atoms with Gasteiger partial charge < -0.3 is 21.4 Å². The Morgan fingerprint density at radius 3 is 2.53 bits per heavy atom. The number of aryl methyl sites for hydroxylation is 1. The average Bonchev–Trinajstić information content (AvgIpc) is 3.53. The topological polar surface area (TPSA) is 130 Å². The lowest BCUT2D eigenvalue weighted by molar-refractivity contribution is -0.126. The first-order chi connectivity index (χ1) is 18.3. The lowest BCUT2D eigenvalue weighted by Gasteiger charge is -2.32. The molecule has 9 heteroatoms. The number of nitrogens with zero attached hydrogens (tertiary/aromatic N) is 1. The Morgan fingerprint density at radius 2 is 1.79 bits per heavy atom. The molecule has 0 aliphatic heterocycles. The lowest BCUT2D eigenvalue weighted by atomic mass is 9.75. The first-order valence-electron chi connectivity index (χ1n) is 12.9. The highest BCUT2D eigenvalue weighted by atomic mass is 32.1. The van der Waals surface area contributed by atoms with Crippen molar-refractivity contribution in [3.63, 3.8) is 0 Å². The third kappa shape index (κ3) is 5.47. The first kappa shape index (κ1) is 25.7. The fourth-order valence-electron chi connectivity index (χ4n) is 5.10. The van der Waals surface area contributed by atoms with Gasteiger partial charge in [0, 0.05) is 51.3 Å². The third-order valence-corrected chi connectivity index (χ3v) is 8.46. The summed E-state index contributed by atoms with van der Waals surface area (Å²) in [6.45, 7) is 2.04. The van der Waals surface area contributed by atoms with Crippen LogP contribution in [0.3, 0.4) is 0 Å². The van der Waals surface area contributed by atoms with Crippen LogP contribution in [-0.4, -0.2) is 27.7 Å². The molecule has 1 fully saturated rings. The summed E-state index contributed by atoms with van der Waals surface area (Å²) >= 11 is 1.39. The number of amides is 3. The zero-order valence-corrected chi connectivity index (χ0v) is 22.1. The quantitative estimate of drug-likeness (QED) is 0.227. The van der Waals surface area contributed by atoms with Crippen LogP contribution in [0.4, 0.5) is 11.5 Å². The Bertz CT molecular complexity index is 1480. The van der Waals surface area contributed by atoms with Crippen molar-refractivity contribution in [3.8, 4) is 10.4 Å². The molecular weight excluding hydrogens is 498 g/mol. The minimum absolute atomic E-state index is 0.0354. The molecule has 0 saturated heterocycles. The Kier molecular flexibility index (Phi) is 7.28. The van der Waals surface area contributed by atoms with Gasteiger partial charge in [-0.3, -0.25) is 19.4 Å². The van der Waals surface area contributed by atoms with Crippen molar-refractivity contribution >= 4 is 51.5 Å². The van der Waals surface area contributed by atoms with Crippen LogP contribution in [0, 0.1) is 5.41 Å². The van der Waals surface area contributed by atoms with Crippen molar-refractivity contribution in [1.82, 2.24) is 9.97 Å². The highest BCUT2D eigenvalue weighted by molar-refractivity contribution is 7.17. The predicted octanol–water partition coefficient (Wildman–Crippen LogP) is 5.87. The summed E-state index contributed by atoms with van der Waals surface area (Å²) in [7, 11) is 0. The van der Waals surface area contributed by atoms with Crippen molar-refractivity contribution in [1.29, 1.82) is 0 Å². The fraction of sp³-hybridized carbons (Fsp3) is 0.310. The van der Waals surface area contributed by atoms with E-state index in [4.69, 9.17) is 5.73 Å². The number of nitrogens with one attached hydrogen (secondary N) is 3. The van der Waals surface area contributed by atoms with Crippen molar-refractivity contribution in [2.24, 2.45) is 11.1 Å². The molecule has 5 rings (SSSR count). The molecule has 0 unspecified atom stereocenters. The van der Waals surface area contributed by atoms with E-state index in [0.717, 1.165) is 52.6 Å². The molecule has 1 aliphatic rings. The molecule has 38 heavy (non-hydrogen) atoms. The summed E-state index contributed by atoms with van der Waals surface area (Å²) in [6.07, 6.45) is 9.06. The smallest absolute Gasteiger partial charge is 0.266 e. The van der Waals surface area contributed by atoms with Crippen LogP contribution < -0.4 is 16.4 Å². The molecule has 8 nitrogen and oxygen atoms in total. The SMILES string of the molecule is CC1(C(=O)Nc2ccc3c(CCC(N)=O)c(NC(=O)c4ccc(-c5ccncc5)s4)[nH]c3c2)CCCCC1. The van der Waals surface area contributed by atoms with Gasteiger partial charge in [-0.25, -0.2) is 0 Å². The van der Waals surface area contributed by atoms with Crippen LogP contribution in [0.2, 0.25) is 0 Å². The third-order valence-electron chi connectivity index (χ3n) is 7.32. The van der Waals surface area contributed by atoms with E-state index in [1.807, 2.05) is 43.3 Å². The molecule has 0 bridgehead atoms. The van der Waals surface area contributed by atoms with E-state index >= 15 is 0 Å². The Morgan fingerprint density at radius 1 is 1.03 bits per heavy atom. The number of aromatic nitrogens is 2. The minimum atomic E-state index is -0.415. The van der Waals surface area contributed by atoms with Crippen molar-refractivity contribution in [2.45, 2.75) is 51.9 Å². The maximum absolute atomic E-state index is 13.2. The van der Waals surface area contributed by atoms with Gasteiger partial charge in [0.2, 0.25) is 11.8 Å². The van der Waals surface area contributed by atoms with Crippen LogP contribution in [0.25, 0.3) is 21.3 Å². The van der Waals surface area contributed by atoms with Gasteiger partial charge in [0.25, 0.3) is 5.91 Å². The predicted molar refractivity (Wildman–Crippen MR) is 151 cm³/mol. The van der Waals surface area contributed by atoms with E-state index in [1.165, 1.54) is 17.8 Å². The number of carbonyl (C=O) groups is 3. The molecule has 4 aromatic rings. The molecule has 0 atom stereocenters. The molecule has 1 aliphatic carbocycles. The van der Waals surface area contributed by atoms with Crippen molar-refractivity contribution in [2.75, 3.05) is 10.6 Å². The van der Waals surface area contributed by atoms with Gasteiger partial charge in [-0.1, -0.05) is 32.3 Å². The second-order valence-electron chi connectivity index (χ2n) is 10.1. The van der Waals surface area contributed by atoms with E-state index in [2.05, 4.69) is 20.6 Å². The monoisotopic (exact) mass is 529 g/mol. The number of carbonyl (C=O) groups excluding carboxylic acids is 3. The van der Waals surface area contributed by atoms with E-state index in [9.17, 15) is 14.4 Å². The fourth-order valence-corrected chi connectivity index (χ4v) is 6.00. The molecule has 196 valence electrons. The summed E-state index contributed by atoms with van der Waals surface area (Å²) in [5.74, 6) is -0.108.